The fourth-order valence-electron chi connectivity index (χ4n) is 1.73. The molecule has 0 radical (unpaired) electrons. The number of carbonyl (C=O) groups is 2. The van der Waals surface area contributed by atoms with Gasteiger partial charge in [0.2, 0.25) is 5.91 Å². The van der Waals surface area contributed by atoms with Gasteiger partial charge in [-0.25, -0.2) is 0 Å². The summed E-state index contributed by atoms with van der Waals surface area (Å²) in [5.41, 5.74) is 4.91. The zero-order chi connectivity index (χ0) is 16.5. The Balaban J connectivity index is 1.63. The van der Waals surface area contributed by atoms with Crippen LogP contribution in [0, 0.1) is 0 Å². The minimum atomic E-state index is -0.454. The standard InChI is InChI=1S/C16H16BrN3O3/c17-12-5-3-6-13(11-12)23-10-4-8-15(21)19-20-16(22)14-7-1-2-9-18-14/h1-3,5-7,9,11H,4,8,10H2,(H,19,21)(H,20,22). The van der Waals surface area contributed by atoms with Gasteiger partial charge in [-0.1, -0.05) is 28.1 Å². The summed E-state index contributed by atoms with van der Waals surface area (Å²) in [7, 11) is 0. The lowest BCUT2D eigenvalue weighted by atomic mass is 10.3. The molecule has 23 heavy (non-hydrogen) atoms. The number of carbonyl (C=O) groups excluding carboxylic acids is 2. The summed E-state index contributed by atoms with van der Waals surface area (Å²) in [5.74, 6) is -0.000281. The normalized spacial score (nSPS) is 9.96. The largest absolute Gasteiger partial charge is 0.494 e. The van der Waals surface area contributed by atoms with E-state index in [4.69, 9.17) is 4.74 Å². The number of amides is 2. The predicted octanol–water partition coefficient (Wildman–Crippen LogP) is 2.46. The maximum absolute atomic E-state index is 11.7. The highest BCUT2D eigenvalue weighted by Gasteiger charge is 2.07. The number of nitrogens with one attached hydrogen (secondary N) is 2. The lowest BCUT2D eigenvalue weighted by molar-refractivity contribution is -0.122. The van der Waals surface area contributed by atoms with E-state index in [9.17, 15) is 9.59 Å². The summed E-state index contributed by atoms with van der Waals surface area (Å²) in [6.07, 6.45) is 2.30. The molecular formula is C16H16BrN3O3. The molecule has 0 saturated heterocycles. The summed E-state index contributed by atoms with van der Waals surface area (Å²) < 4.78 is 6.46. The van der Waals surface area contributed by atoms with Crippen LogP contribution < -0.4 is 15.6 Å². The molecule has 2 N–H and O–H groups in total. The maximum atomic E-state index is 11.7. The Labute approximate surface area is 142 Å². The number of nitrogens with zero attached hydrogens (tertiary/aromatic N) is 1. The van der Waals surface area contributed by atoms with Gasteiger partial charge in [-0.15, -0.1) is 0 Å². The zero-order valence-corrected chi connectivity index (χ0v) is 13.9. The molecule has 0 bridgehead atoms. The van der Waals surface area contributed by atoms with Crippen LogP contribution in [0.15, 0.2) is 53.1 Å². The number of pyridine rings is 1. The number of rotatable bonds is 6. The third-order valence-electron chi connectivity index (χ3n) is 2.83. The van der Waals surface area contributed by atoms with Gasteiger partial charge in [0, 0.05) is 17.1 Å². The van der Waals surface area contributed by atoms with Gasteiger partial charge >= 0.3 is 0 Å². The van der Waals surface area contributed by atoms with E-state index in [1.165, 1.54) is 6.20 Å². The average Bonchev–Trinajstić information content (AvgIpc) is 2.57. The second-order valence-corrected chi connectivity index (χ2v) is 5.54. The monoisotopic (exact) mass is 377 g/mol. The minimum Gasteiger partial charge on any atom is -0.494 e. The van der Waals surface area contributed by atoms with Gasteiger partial charge in [-0.3, -0.25) is 25.4 Å². The van der Waals surface area contributed by atoms with Crippen molar-refractivity contribution in [1.82, 2.24) is 15.8 Å². The van der Waals surface area contributed by atoms with Crippen molar-refractivity contribution in [2.24, 2.45) is 0 Å². The maximum Gasteiger partial charge on any atom is 0.288 e. The number of halogens is 1. The molecule has 2 aromatic rings. The Bertz CT molecular complexity index is 665. The quantitative estimate of drug-likeness (QED) is 0.598. The summed E-state index contributed by atoms with van der Waals surface area (Å²) in [6.45, 7) is 0.415. The van der Waals surface area contributed by atoms with E-state index in [2.05, 4.69) is 31.8 Å². The predicted molar refractivity (Wildman–Crippen MR) is 88.7 cm³/mol. The van der Waals surface area contributed by atoms with Crippen molar-refractivity contribution in [3.8, 4) is 5.75 Å². The molecule has 0 unspecified atom stereocenters. The molecule has 7 heteroatoms. The van der Waals surface area contributed by atoms with Crippen molar-refractivity contribution in [2.45, 2.75) is 12.8 Å². The van der Waals surface area contributed by atoms with Crippen LogP contribution in [0.1, 0.15) is 23.3 Å². The smallest absolute Gasteiger partial charge is 0.288 e. The van der Waals surface area contributed by atoms with Crippen LogP contribution in [0.25, 0.3) is 0 Å². The highest BCUT2D eigenvalue weighted by molar-refractivity contribution is 9.10. The van der Waals surface area contributed by atoms with Crippen LogP contribution in [-0.2, 0) is 4.79 Å². The Morgan fingerprint density at radius 1 is 1.13 bits per heavy atom. The third-order valence-corrected chi connectivity index (χ3v) is 3.32. The minimum absolute atomic E-state index is 0.241. The summed E-state index contributed by atoms with van der Waals surface area (Å²) in [6, 6.07) is 12.5. The molecule has 6 nitrogen and oxygen atoms in total. The molecule has 0 aliphatic carbocycles. The molecule has 0 aliphatic rings. The Hall–Kier alpha value is -2.41. The molecule has 2 amide bonds. The topological polar surface area (TPSA) is 80.3 Å². The SMILES string of the molecule is O=C(CCCOc1cccc(Br)c1)NNC(=O)c1ccccn1. The summed E-state index contributed by atoms with van der Waals surface area (Å²) in [5, 5.41) is 0. The fraction of sp³-hybridized carbons (Fsp3) is 0.188. The van der Waals surface area contributed by atoms with Gasteiger partial charge < -0.3 is 4.74 Å². The molecule has 1 aromatic carbocycles. The van der Waals surface area contributed by atoms with E-state index >= 15 is 0 Å². The van der Waals surface area contributed by atoms with Gasteiger partial charge in [-0.05, 0) is 36.8 Å². The molecule has 0 saturated carbocycles. The second kappa shape index (κ2) is 8.89. The highest BCUT2D eigenvalue weighted by Crippen LogP contribution is 2.17. The second-order valence-electron chi connectivity index (χ2n) is 4.63. The number of hydrogen-bond acceptors (Lipinski definition) is 4. The number of hydrogen-bond donors (Lipinski definition) is 2. The first-order valence-corrected chi connectivity index (χ1v) is 7.83. The van der Waals surface area contributed by atoms with Crippen molar-refractivity contribution >= 4 is 27.7 Å². The molecule has 0 fully saturated rings. The highest BCUT2D eigenvalue weighted by atomic mass is 79.9. The van der Waals surface area contributed by atoms with Crippen molar-refractivity contribution < 1.29 is 14.3 Å². The Morgan fingerprint density at radius 3 is 2.74 bits per heavy atom. The molecule has 0 aliphatic heterocycles. The van der Waals surface area contributed by atoms with Crippen LogP contribution in [0.4, 0.5) is 0 Å². The van der Waals surface area contributed by atoms with Gasteiger partial charge in [0.05, 0.1) is 6.61 Å². The molecular weight excluding hydrogens is 362 g/mol. The van der Waals surface area contributed by atoms with E-state index in [-0.39, 0.29) is 18.0 Å². The van der Waals surface area contributed by atoms with Gasteiger partial charge in [-0.2, -0.15) is 0 Å². The van der Waals surface area contributed by atoms with Gasteiger partial charge in [0.25, 0.3) is 5.91 Å². The molecule has 2 rings (SSSR count). The van der Waals surface area contributed by atoms with Crippen LogP contribution in [0.3, 0.4) is 0 Å². The average molecular weight is 378 g/mol. The van der Waals surface area contributed by atoms with Gasteiger partial charge in [0.1, 0.15) is 11.4 Å². The van der Waals surface area contributed by atoms with Crippen molar-refractivity contribution in [1.29, 1.82) is 0 Å². The first kappa shape index (κ1) is 17.0. The summed E-state index contributed by atoms with van der Waals surface area (Å²) in [4.78, 5) is 27.2. The molecule has 120 valence electrons. The number of aromatic nitrogens is 1. The molecule has 1 heterocycles. The Morgan fingerprint density at radius 2 is 2.00 bits per heavy atom. The van der Waals surface area contributed by atoms with Crippen molar-refractivity contribution in [3.05, 3.63) is 58.8 Å². The van der Waals surface area contributed by atoms with E-state index < -0.39 is 5.91 Å². The van der Waals surface area contributed by atoms with Crippen molar-refractivity contribution in [2.75, 3.05) is 6.61 Å². The van der Waals surface area contributed by atoms with Crippen LogP contribution in [0.2, 0.25) is 0 Å². The van der Waals surface area contributed by atoms with E-state index in [0.29, 0.717) is 13.0 Å². The van der Waals surface area contributed by atoms with Crippen LogP contribution in [-0.4, -0.2) is 23.4 Å². The molecule has 1 aromatic heterocycles. The van der Waals surface area contributed by atoms with Crippen LogP contribution in [0.5, 0.6) is 5.75 Å². The van der Waals surface area contributed by atoms with E-state index in [0.717, 1.165) is 10.2 Å². The number of benzene rings is 1. The zero-order valence-electron chi connectivity index (χ0n) is 12.3. The first-order chi connectivity index (χ1) is 11.1. The van der Waals surface area contributed by atoms with E-state index in [1.54, 1.807) is 18.2 Å². The lowest BCUT2D eigenvalue weighted by Gasteiger charge is -2.08. The van der Waals surface area contributed by atoms with Crippen LogP contribution >= 0.6 is 15.9 Å². The lowest BCUT2D eigenvalue weighted by Crippen LogP contribution is -2.41. The number of ether oxygens (including phenoxy) is 1. The first-order valence-electron chi connectivity index (χ1n) is 7.04. The number of hydrazine groups is 1. The fourth-order valence-corrected chi connectivity index (χ4v) is 2.11. The van der Waals surface area contributed by atoms with E-state index in [1.807, 2.05) is 24.3 Å². The molecule has 0 spiro atoms. The third kappa shape index (κ3) is 6.07. The Kier molecular flexibility index (Phi) is 6.56. The summed E-state index contributed by atoms with van der Waals surface area (Å²) >= 11 is 3.36. The van der Waals surface area contributed by atoms with Gasteiger partial charge in [0.15, 0.2) is 0 Å². The van der Waals surface area contributed by atoms with Crippen molar-refractivity contribution in [3.63, 3.8) is 0 Å². The molecule has 0 atom stereocenters.